The number of sulfonamides is 1. The van der Waals surface area contributed by atoms with Crippen molar-refractivity contribution in [1.29, 1.82) is 0 Å². The molecule has 174 valence electrons. The normalized spacial score (nSPS) is 13.9. The minimum Gasteiger partial charge on any atom is -0.489 e. The Morgan fingerprint density at radius 2 is 1.70 bits per heavy atom. The molecule has 0 unspecified atom stereocenters. The average Bonchev–Trinajstić information content (AvgIpc) is 2.74. The summed E-state index contributed by atoms with van der Waals surface area (Å²) in [6, 6.07) is 9.16. The number of halogens is 6. The number of alkyl halides is 3. The Hall–Kier alpha value is -3.05. The lowest BCUT2D eigenvalue weighted by Crippen LogP contribution is -2.29. The van der Waals surface area contributed by atoms with Gasteiger partial charge in [0.2, 0.25) is 0 Å². The predicted molar refractivity (Wildman–Crippen MR) is 113 cm³/mol. The van der Waals surface area contributed by atoms with E-state index in [1.54, 1.807) is 4.90 Å². The van der Waals surface area contributed by atoms with E-state index in [1.807, 2.05) is 4.72 Å². The Kier molecular flexibility index (Phi) is 5.87. The molecule has 0 aromatic heterocycles. The fourth-order valence-electron chi connectivity index (χ4n) is 3.30. The van der Waals surface area contributed by atoms with Crippen LogP contribution in [0.3, 0.4) is 0 Å². The summed E-state index contributed by atoms with van der Waals surface area (Å²) in [5.74, 6) is -1.81. The van der Waals surface area contributed by atoms with Crippen LogP contribution >= 0.6 is 11.6 Å². The standard InChI is InChI=1S/C21H14ClF5N2O3S/c22-15-9-12(21(25,26)27)1-5-18(15)29-7-8-32-20-11-14(3-6-19(20)29)33(30,31)28-17-4-2-13(23)10-16(17)24/h1-6,9-11,28H,7-8H2. The highest BCUT2D eigenvalue weighted by Gasteiger charge is 2.32. The van der Waals surface area contributed by atoms with Gasteiger partial charge in [0.1, 0.15) is 24.0 Å². The van der Waals surface area contributed by atoms with Crippen LogP contribution in [0.1, 0.15) is 5.56 Å². The highest BCUT2D eigenvalue weighted by molar-refractivity contribution is 7.92. The highest BCUT2D eigenvalue weighted by Crippen LogP contribution is 2.42. The molecule has 0 spiro atoms. The number of benzene rings is 3. The maximum atomic E-state index is 13.9. The van der Waals surface area contributed by atoms with Gasteiger partial charge in [0.05, 0.1) is 39.1 Å². The van der Waals surface area contributed by atoms with Crippen molar-refractivity contribution >= 4 is 38.7 Å². The van der Waals surface area contributed by atoms with Crippen molar-refractivity contribution in [3.8, 4) is 5.75 Å². The SMILES string of the molecule is O=S(=O)(Nc1ccc(F)cc1F)c1ccc2c(c1)OCCN2c1ccc(C(F)(F)F)cc1Cl. The Bertz CT molecular complexity index is 1330. The topological polar surface area (TPSA) is 58.6 Å². The van der Waals surface area contributed by atoms with E-state index in [0.29, 0.717) is 11.8 Å². The van der Waals surface area contributed by atoms with Gasteiger partial charge in [-0.25, -0.2) is 17.2 Å². The first-order valence-electron chi connectivity index (χ1n) is 9.35. The van der Waals surface area contributed by atoms with Crippen molar-refractivity contribution in [3.05, 3.63) is 76.8 Å². The van der Waals surface area contributed by atoms with Crippen LogP contribution in [0.2, 0.25) is 5.02 Å². The van der Waals surface area contributed by atoms with Crippen LogP contribution in [-0.4, -0.2) is 21.6 Å². The molecule has 12 heteroatoms. The van der Waals surface area contributed by atoms with E-state index in [1.165, 1.54) is 24.3 Å². The molecule has 3 aromatic rings. The van der Waals surface area contributed by atoms with Gasteiger partial charge < -0.3 is 9.64 Å². The van der Waals surface area contributed by atoms with Gasteiger partial charge in [-0.15, -0.1) is 0 Å². The van der Waals surface area contributed by atoms with Gasteiger partial charge in [0, 0.05) is 12.1 Å². The predicted octanol–water partition coefficient (Wildman–Crippen LogP) is 5.97. The lowest BCUT2D eigenvalue weighted by Gasteiger charge is -2.32. The monoisotopic (exact) mass is 504 g/mol. The minimum atomic E-state index is -4.55. The lowest BCUT2D eigenvalue weighted by molar-refractivity contribution is -0.137. The molecule has 0 fully saturated rings. The third-order valence-corrected chi connectivity index (χ3v) is 6.51. The molecule has 1 aliphatic heterocycles. The minimum absolute atomic E-state index is 0.105. The number of hydrogen-bond acceptors (Lipinski definition) is 4. The zero-order valence-electron chi connectivity index (χ0n) is 16.5. The molecule has 3 aromatic carbocycles. The fourth-order valence-corrected chi connectivity index (χ4v) is 4.66. The summed E-state index contributed by atoms with van der Waals surface area (Å²) in [4.78, 5) is 1.34. The highest BCUT2D eigenvalue weighted by atomic mass is 35.5. The van der Waals surface area contributed by atoms with E-state index in [2.05, 4.69) is 0 Å². The lowest BCUT2D eigenvalue weighted by atomic mass is 10.1. The second-order valence-corrected chi connectivity index (χ2v) is 9.11. The van der Waals surface area contributed by atoms with Crippen LogP contribution in [-0.2, 0) is 16.2 Å². The molecule has 0 saturated heterocycles. The molecule has 4 rings (SSSR count). The van der Waals surface area contributed by atoms with Crippen molar-refractivity contribution < 1.29 is 35.1 Å². The number of fused-ring (bicyclic) bond motifs is 1. The number of ether oxygens (including phenoxy) is 1. The smallest absolute Gasteiger partial charge is 0.416 e. The molecular formula is C21H14ClF5N2O3S. The van der Waals surface area contributed by atoms with Gasteiger partial charge in [-0.1, -0.05) is 11.6 Å². The molecule has 0 saturated carbocycles. The Labute approximate surface area is 190 Å². The fraction of sp³-hybridized carbons (Fsp3) is 0.143. The van der Waals surface area contributed by atoms with Crippen molar-refractivity contribution in [2.75, 3.05) is 22.8 Å². The molecule has 0 atom stereocenters. The van der Waals surface area contributed by atoms with Gasteiger partial charge in [-0.2, -0.15) is 13.2 Å². The second-order valence-electron chi connectivity index (χ2n) is 7.02. The summed E-state index contributed by atoms with van der Waals surface area (Å²) in [7, 11) is -4.26. The van der Waals surface area contributed by atoms with E-state index in [-0.39, 0.29) is 34.5 Å². The molecule has 0 amide bonds. The van der Waals surface area contributed by atoms with Crippen LogP contribution in [0.4, 0.5) is 39.0 Å². The second kappa shape index (κ2) is 8.38. The molecule has 33 heavy (non-hydrogen) atoms. The molecule has 0 aliphatic carbocycles. The summed E-state index contributed by atoms with van der Waals surface area (Å²) < 4.78 is 98.7. The van der Waals surface area contributed by atoms with Crippen LogP contribution in [0.5, 0.6) is 5.75 Å². The summed E-state index contributed by atoms with van der Waals surface area (Å²) >= 11 is 6.10. The maximum Gasteiger partial charge on any atom is 0.416 e. The summed E-state index contributed by atoms with van der Waals surface area (Å²) in [5.41, 5.74) is -0.662. The van der Waals surface area contributed by atoms with Crippen LogP contribution in [0.15, 0.2) is 59.5 Å². The van der Waals surface area contributed by atoms with Crippen molar-refractivity contribution in [1.82, 2.24) is 0 Å². The number of nitrogens with zero attached hydrogens (tertiary/aromatic N) is 1. The zero-order chi connectivity index (χ0) is 24.0. The van der Waals surface area contributed by atoms with Gasteiger partial charge in [0.15, 0.2) is 0 Å². The van der Waals surface area contributed by atoms with E-state index in [9.17, 15) is 30.4 Å². The molecule has 1 N–H and O–H groups in total. The van der Waals surface area contributed by atoms with Gasteiger partial charge in [0.25, 0.3) is 10.0 Å². The molecule has 1 aliphatic rings. The van der Waals surface area contributed by atoms with Crippen molar-refractivity contribution in [3.63, 3.8) is 0 Å². The van der Waals surface area contributed by atoms with Crippen molar-refractivity contribution in [2.45, 2.75) is 11.1 Å². The number of nitrogens with one attached hydrogen (secondary N) is 1. The first kappa shape index (κ1) is 23.1. The Balaban J connectivity index is 1.66. The van der Waals surface area contributed by atoms with Crippen LogP contribution in [0.25, 0.3) is 0 Å². The Morgan fingerprint density at radius 3 is 2.36 bits per heavy atom. The largest absolute Gasteiger partial charge is 0.489 e. The number of rotatable bonds is 4. The van der Waals surface area contributed by atoms with Crippen LogP contribution < -0.4 is 14.4 Å². The van der Waals surface area contributed by atoms with E-state index < -0.39 is 39.1 Å². The van der Waals surface area contributed by atoms with Crippen LogP contribution in [0, 0.1) is 11.6 Å². The number of anilines is 3. The molecular weight excluding hydrogens is 491 g/mol. The molecule has 0 radical (unpaired) electrons. The van der Waals surface area contributed by atoms with Gasteiger partial charge in [-0.05, 0) is 42.5 Å². The number of hydrogen-bond donors (Lipinski definition) is 1. The van der Waals surface area contributed by atoms with Gasteiger partial charge >= 0.3 is 6.18 Å². The maximum absolute atomic E-state index is 13.9. The quantitative estimate of drug-likeness (QED) is 0.445. The molecule has 5 nitrogen and oxygen atoms in total. The third-order valence-electron chi connectivity index (χ3n) is 4.85. The summed E-state index contributed by atoms with van der Waals surface area (Å²) in [6.07, 6.45) is -4.55. The van der Waals surface area contributed by atoms with E-state index in [0.717, 1.165) is 24.3 Å². The average molecular weight is 505 g/mol. The summed E-state index contributed by atoms with van der Waals surface area (Å²) in [6.45, 7) is 0.358. The summed E-state index contributed by atoms with van der Waals surface area (Å²) in [5, 5.41) is -0.136. The van der Waals surface area contributed by atoms with Gasteiger partial charge in [-0.3, -0.25) is 4.72 Å². The zero-order valence-corrected chi connectivity index (χ0v) is 18.0. The third kappa shape index (κ3) is 4.69. The molecule has 0 bridgehead atoms. The first-order valence-corrected chi connectivity index (χ1v) is 11.2. The van der Waals surface area contributed by atoms with E-state index in [4.69, 9.17) is 16.3 Å². The van der Waals surface area contributed by atoms with Crippen molar-refractivity contribution in [2.24, 2.45) is 0 Å². The Morgan fingerprint density at radius 1 is 0.970 bits per heavy atom. The van der Waals surface area contributed by atoms with E-state index >= 15 is 0 Å². The first-order chi connectivity index (χ1) is 15.5. The molecule has 1 heterocycles.